The number of carbonyl (C=O) groups excluding carboxylic acids is 2. The van der Waals surface area contributed by atoms with E-state index in [1.54, 1.807) is 18.2 Å². The van der Waals surface area contributed by atoms with Crippen LogP contribution in [-0.4, -0.2) is 44.4 Å². The zero-order valence-corrected chi connectivity index (χ0v) is 17.5. The van der Waals surface area contributed by atoms with Gasteiger partial charge in [-0.05, 0) is 42.2 Å². The third-order valence-electron chi connectivity index (χ3n) is 5.29. The van der Waals surface area contributed by atoms with Crippen molar-refractivity contribution in [2.24, 2.45) is 0 Å². The average molecular weight is 435 g/mol. The molecule has 2 aromatic rings. The summed E-state index contributed by atoms with van der Waals surface area (Å²) in [4.78, 5) is 38.0. The summed E-state index contributed by atoms with van der Waals surface area (Å²) in [6.07, 6.45) is 4.60. The van der Waals surface area contributed by atoms with Crippen LogP contribution in [0.5, 0.6) is 5.75 Å². The van der Waals surface area contributed by atoms with Gasteiger partial charge in [-0.3, -0.25) is 14.4 Å². The number of ketones is 1. The topological polar surface area (TPSA) is 115 Å². The average Bonchev–Trinajstić information content (AvgIpc) is 3.03. The molecule has 3 N–H and O–H groups in total. The van der Waals surface area contributed by atoms with Gasteiger partial charge in [0.2, 0.25) is 0 Å². The molecule has 32 heavy (non-hydrogen) atoms. The first kappa shape index (κ1) is 22.8. The number of carbonyl (C=O) groups is 3. The molecule has 0 spiro atoms. The van der Waals surface area contributed by atoms with Crippen LogP contribution in [0.25, 0.3) is 6.08 Å². The molecule has 0 saturated heterocycles. The Morgan fingerprint density at radius 3 is 2.28 bits per heavy atom. The lowest BCUT2D eigenvalue weighted by Crippen LogP contribution is -2.32. The maximum Gasteiger partial charge on any atom is 0.303 e. The van der Waals surface area contributed by atoms with E-state index in [2.05, 4.69) is 0 Å². The van der Waals surface area contributed by atoms with Gasteiger partial charge in [-0.25, -0.2) is 0 Å². The number of hydrogen-bond acceptors (Lipinski definition) is 5. The highest BCUT2D eigenvalue weighted by Crippen LogP contribution is 2.38. The number of allylic oxidation sites excluding steroid dienone is 1. The highest BCUT2D eigenvalue weighted by atomic mass is 16.4. The zero-order chi connectivity index (χ0) is 23.1. The van der Waals surface area contributed by atoms with Gasteiger partial charge in [0.15, 0.2) is 11.5 Å². The molecule has 7 nitrogen and oxygen atoms in total. The van der Waals surface area contributed by atoms with Crippen LogP contribution in [0.1, 0.15) is 42.9 Å². The Kier molecular flexibility index (Phi) is 7.44. The Bertz CT molecular complexity index is 1040. The molecule has 1 amide bonds. The number of rotatable bonds is 10. The van der Waals surface area contributed by atoms with Crippen molar-refractivity contribution >= 4 is 23.7 Å². The number of aliphatic carboxylic acids is 1. The molecule has 0 saturated carbocycles. The van der Waals surface area contributed by atoms with Gasteiger partial charge in [0.25, 0.3) is 5.91 Å². The minimum Gasteiger partial charge on any atom is -0.508 e. The molecular formula is C25H25NO6. The number of phenolic OH excluding ortho intramolecular Hbond substituents is 1. The summed E-state index contributed by atoms with van der Waals surface area (Å²) < 4.78 is 0. The van der Waals surface area contributed by atoms with Crippen molar-refractivity contribution in [2.45, 2.75) is 31.7 Å². The van der Waals surface area contributed by atoms with Crippen molar-refractivity contribution in [2.75, 3.05) is 6.54 Å². The molecule has 1 aliphatic rings. The smallest absolute Gasteiger partial charge is 0.303 e. The van der Waals surface area contributed by atoms with E-state index in [9.17, 15) is 24.6 Å². The quantitative estimate of drug-likeness (QED) is 0.384. The van der Waals surface area contributed by atoms with Crippen molar-refractivity contribution < 1.29 is 29.7 Å². The van der Waals surface area contributed by atoms with Crippen LogP contribution in [0, 0.1) is 0 Å². The van der Waals surface area contributed by atoms with Crippen LogP contribution in [0.2, 0.25) is 0 Å². The summed E-state index contributed by atoms with van der Waals surface area (Å²) in [5.74, 6) is -2.54. The van der Waals surface area contributed by atoms with Crippen molar-refractivity contribution in [3.63, 3.8) is 0 Å². The number of aliphatic hydroxyl groups is 1. The fourth-order valence-electron chi connectivity index (χ4n) is 3.70. The number of unbranched alkanes of at least 4 members (excludes halogenated alkanes) is 2. The fourth-order valence-corrected chi connectivity index (χ4v) is 3.70. The number of hydrogen-bond donors (Lipinski definition) is 3. The van der Waals surface area contributed by atoms with Gasteiger partial charge >= 0.3 is 5.97 Å². The molecule has 1 unspecified atom stereocenters. The van der Waals surface area contributed by atoms with Crippen molar-refractivity contribution in [1.29, 1.82) is 0 Å². The largest absolute Gasteiger partial charge is 0.508 e. The fraction of sp³-hybridized carbons (Fsp3) is 0.240. The summed E-state index contributed by atoms with van der Waals surface area (Å²) in [5.41, 5.74) is 1.38. The van der Waals surface area contributed by atoms with E-state index in [-0.39, 0.29) is 24.3 Å². The van der Waals surface area contributed by atoms with Crippen LogP contribution in [0.3, 0.4) is 0 Å². The second-order valence-electron chi connectivity index (χ2n) is 7.57. The van der Waals surface area contributed by atoms with Crippen molar-refractivity contribution in [1.82, 2.24) is 4.90 Å². The first-order chi connectivity index (χ1) is 15.4. The first-order valence-corrected chi connectivity index (χ1v) is 10.4. The zero-order valence-electron chi connectivity index (χ0n) is 17.5. The van der Waals surface area contributed by atoms with Gasteiger partial charge in [0.1, 0.15) is 5.75 Å². The second kappa shape index (κ2) is 10.4. The normalized spacial score (nSPS) is 16.2. The number of benzene rings is 2. The maximum atomic E-state index is 13.0. The summed E-state index contributed by atoms with van der Waals surface area (Å²) in [7, 11) is 0. The van der Waals surface area contributed by atoms with Crippen LogP contribution < -0.4 is 0 Å². The van der Waals surface area contributed by atoms with Gasteiger partial charge in [-0.15, -0.1) is 0 Å². The Hall–Kier alpha value is -3.87. The molecule has 7 heteroatoms. The molecular weight excluding hydrogens is 410 g/mol. The number of aromatic hydroxyl groups is 1. The summed E-state index contributed by atoms with van der Waals surface area (Å²) in [6.45, 7) is 0.257. The lowest BCUT2D eigenvalue weighted by atomic mass is 9.95. The van der Waals surface area contributed by atoms with Crippen LogP contribution in [0.4, 0.5) is 0 Å². The number of phenols is 1. The molecule has 0 radical (unpaired) electrons. The highest BCUT2D eigenvalue weighted by Gasteiger charge is 2.42. The molecule has 1 aliphatic heterocycles. The lowest BCUT2D eigenvalue weighted by Gasteiger charge is -2.26. The minimum atomic E-state index is -0.874. The third kappa shape index (κ3) is 5.43. The number of aliphatic hydroxyl groups excluding tert-OH is 1. The molecule has 0 bridgehead atoms. The van der Waals surface area contributed by atoms with E-state index in [0.29, 0.717) is 24.8 Å². The van der Waals surface area contributed by atoms with E-state index < -0.39 is 29.5 Å². The van der Waals surface area contributed by atoms with E-state index in [1.165, 1.54) is 23.1 Å². The predicted molar refractivity (Wildman–Crippen MR) is 119 cm³/mol. The summed E-state index contributed by atoms with van der Waals surface area (Å²) >= 11 is 0. The van der Waals surface area contributed by atoms with Gasteiger partial charge < -0.3 is 20.2 Å². The second-order valence-corrected chi connectivity index (χ2v) is 7.57. The molecule has 2 aromatic carbocycles. The van der Waals surface area contributed by atoms with Crippen LogP contribution in [0.15, 0.2) is 72.0 Å². The van der Waals surface area contributed by atoms with Gasteiger partial charge in [-0.2, -0.15) is 0 Å². The molecule has 0 aromatic heterocycles. The van der Waals surface area contributed by atoms with Crippen LogP contribution in [-0.2, 0) is 14.4 Å². The third-order valence-corrected chi connectivity index (χ3v) is 5.29. The van der Waals surface area contributed by atoms with Gasteiger partial charge in [0, 0.05) is 13.0 Å². The first-order valence-electron chi connectivity index (χ1n) is 10.4. The summed E-state index contributed by atoms with van der Waals surface area (Å²) in [5, 5.41) is 29.0. The van der Waals surface area contributed by atoms with E-state index in [0.717, 1.165) is 5.56 Å². The Morgan fingerprint density at radius 1 is 0.938 bits per heavy atom. The molecule has 166 valence electrons. The Balaban J connectivity index is 1.85. The lowest BCUT2D eigenvalue weighted by molar-refractivity contribution is -0.137. The van der Waals surface area contributed by atoms with E-state index >= 15 is 0 Å². The van der Waals surface area contributed by atoms with E-state index in [4.69, 9.17) is 5.11 Å². The van der Waals surface area contributed by atoms with Crippen molar-refractivity contribution in [3.05, 3.63) is 83.1 Å². The number of carboxylic acid groups (broad SMARTS) is 1. The molecule has 3 rings (SSSR count). The molecule has 1 heterocycles. The number of nitrogens with zero attached hydrogens (tertiary/aromatic N) is 1. The summed E-state index contributed by atoms with van der Waals surface area (Å²) in [6, 6.07) is 14.5. The predicted octanol–water partition coefficient (Wildman–Crippen LogP) is 4.02. The maximum absolute atomic E-state index is 13.0. The van der Waals surface area contributed by atoms with Gasteiger partial charge in [0.05, 0.1) is 11.6 Å². The number of carboxylic acids is 1. The van der Waals surface area contributed by atoms with Crippen LogP contribution >= 0.6 is 0 Å². The SMILES string of the molecule is O=C(O)CCCCCN1C(=O)C(O)=C(C(=O)C=Cc2ccccc2)C1c1ccc(O)cc1. The standard InChI is InChI=1S/C25H25NO6/c27-19-13-11-18(12-14-19)23-22(20(28)15-10-17-7-3-1-4-8-17)24(31)25(32)26(23)16-6-2-5-9-21(29)30/h1,3-4,7-8,10-15,23,27,31H,2,5-6,9,16H2,(H,29,30). The Morgan fingerprint density at radius 2 is 1.62 bits per heavy atom. The highest BCUT2D eigenvalue weighted by molar-refractivity contribution is 6.14. The Labute approximate surface area is 185 Å². The van der Waals surface area contributed by atoms with Crippen molar-refractivity contribution in [3.8, 4) is 5.75 Å². The monoisotopic (exact) mass is 435 g/mol. The van der Waals surface area contributed by atoms with Gasteiger partial charge in [-0.1, -0.05) is 55.0 Å². The van der Waals surface area contributed by atoms with E-state index in [1.807, 2.05) is 30.3 Å². The molecule has 0 aliphatic carbocycles. The minimum absolute atomic E-state index is 0.0154. The molecule has 1 atom stereocenters. The number of amides is 1. The molecule has 0 fully saturated rings.